The molecule has 1 heterocycles. The summed E-state index contributed by atoms with van der Waals surface area (Å²) in [5.41, 5.74) is 0.186. The number of benzene rings is 2. The summed E-state index contributed by atoms with van der Waals surface area (Å²) in [7, 11) is -2.73. The number of aromatic nitrogens is 1. The fraction of sp³-hybridized carbons (Fsp3) is 0.105. The Morgan fingerprint density at radius 3 is 2.41 bits per heavy atom. The lowest BCUT2D eigenvalue weighted by Crippen LogP contribution is -2.31. The third-order valence-electron chi connectivity index (χ3n) is 4.13. The Bertz CT molecular complexity index is 1140. The molecule has 29 heavy (non-hydrogen) atoms. The third-order valence-corrected chi connectivity index (χ3v) is 6.33. The van der Waals surface area contributed by atoms with Gasteiger partial charge in [0.15, 0.2) is 0 Å². The Labute approximate surface area is 172 Å². The molecule has 0 saturated carbocycles. The summed E-state index contributed by atoms with van der Waals surface area (Å²) >= 11 is 6.02. The van der Waals surface area contributed by atoms with Crippen molar-refractivity contribution >= 4 is 33.0 Å². The minimum Gasteiger partial charge on any atom is -0.497 e. The van der Waals surface area contributed by atoms with Crippen LogP contribution in [0.15, 0.2) is 71.8 Å². The second-order valence-corrected chi connectivity index (χ2v) is 8.09. The van der Waals surface area contributed by atoms with Gasteiger partial charge in [-0.3, -0.25) is 14.4 Å². The zero-order chi connectivity index (χ0) is 21.0. The lowest BCUT2D eigenvalue weighted by Gasteiger charge is -2.24. The quantitative estimate of drug-likeness (QED) is 0.316. The number of pyridine rings is 1. The van der Waals surface area contributed by atoms with E-state index in [0.29, 0.717) is 11.3 Å². The summed E-state index contributed by atoms with van der Waals surface area (Å²) in [6, 6.07) is 15.1. The summed E-state index contributed by atoms with van der Waals surface area (Å²) in [5.74, 6) is 0.601. The number of nitro groups is 1. The van der Waals surface area contributed by atoms with E-state index in [2.05, 4.69) is 4.98 Å². The van der Waals surface area contributed by atoms with Crippen LogP contribution in [0.2, 0.25) is 5.15 Å². The van der Waals surface area contributed by atoms with Crippen LogP contribution < -0.4 is 9.04 Å². The Hall–Kier alpha value is -3.17. The number of hydrogen-bond donors (Lipinski definition) is 0. The summed E-state index contributed by atoms with van der Waals surface area (Å²) in [6.07, 6.45) is 1.36. The van der Waals surface area contributed by atoms with Crippen molar-refractivity contribution in [3.63, 3.8) is 0 Å². The van der Waals surface area contributed by atoms with Crippen LogP contribution in [0.25, 0.3) is 0 Å². The molecule has 3 rings (SSSR count). The molecule has 0 saturated heterocycles. The van der Waals surface area contributed by atoms with Crippen LogP contribution >= 0.6 is 11.6 Å². The van der Waals surface area contributed by atoms with Gasteiger partial charge in [-0.05, 0) is 35.9 Å². The number of anilines is 1. The van der Waals surface area contributed by atoms with Crippen LogP contribution in [0.1, 0.15) is 5.56 Å². The maximum atomic E-state index is 13.4. The van der Waals surface area contributed by atoms with Crippen molar-refractivity contribution in [2.45, 2.75) is 11.4 Å². The normalized spacial score (nSPS) is 11.1. The summed E-state index contributed by atoms with van der Waals surface area (Å²) in [6.45, 7) is -0.150. The fourth-order valence-electron chi connectivity index (χ4n) is 2.71. The van der Waals surface area contributed by atoms with Crippen molar-refractivity contribution in [2.24, 2.45) is 0 Å². The minimum atomic E-state index is -4.25. The summed E-state index contributed by atoms with van der Waals surface area (Å²) in [4.78, 5) is 14.5. The molecule has 0 radical (unpaired) electrons. The standard InChI is InChI=1S/C19H16ClN3O5S/c1-28-15-10-8-14(9-11-15)13-22(16-5-2-3-6-17(16)23(24)25)29(26,27)18-7-4-12-21-19(18)20/h2-12H,13H2,1H3. The van der Waals surface area contributed by atoms with Crippen molar-refractivity contribution in [3.8, 4) is 5.75 Å². The van der Waals surface area contributed by atoms with Crippen LogP contribution in [0.5, 0.6) is 5.75 Å². The van der Waals surface area contributed by atoms with E-state index in [0.717, 1.165) is 4.31 Å². The molecule has 2 aromatic carbocycles. The van der Waals surface area contributed by atoms with Crippen LogP contribution in [-0.4, -0.2) is 25.4 Å². The maximum Gasteiger partial charge on any atom is 0.293 e. The van der Waals surface area contributed by atoms with Crippen molar-refractivity contribution in [2.75, 3.05) is 11.4 Å². The molecule has 0 aliphatic heterocycles. The maximum absolute atomic E-state index is 13.4. The van der Waals surface area contributed by atoms with E-state index >= 15 is 0 Å². The predicted molar refractivity (Wildman–Crippen MR) is 109 cm³/mol. The molecule has 0 aliphatic carbocycles. The fourth-order valence-corrected chi connectivity index (χ4v) is 4.61. The van der Waals surface area contributed by atoms with Crippen LogP contribution in [0.3, 0.4) is 0 Å². The molecule has 8 nitrogen and oxygen atoms in total. The number of nitro benzene ring substituents is 1. The van der Waals surface area contributed by atoms with Gasteiger partial charge in [0.2, 0.25) is 0 Å². The molecular formula is C19H16ClN3O5S. The molecule has 10 heteroatoms. The molecule has 0 N–H and O–H groups in total. The molecule has 0 fully saturated rings. The number of nitrogens with zero attached hydrogens (tertiary/aromatic N) is 3. The van der Waals surface area contributed by atoms with Gasteiger partial charge in [-0.2, -0.15) is 0 Å². The zero-order valence-electron chi connectivity index (χ0n) is 15.2. The first-order chi connectivity index (χ1) is 13.8. The predicted octanol–water partition coefficient (Wildman–Crippen LogP) is 4.05. The zero-order valence-corrected chi connectivity index (χ0v) is 16.8. The largest absolute Gasteiger partial charge is 0.497 e. The molecule has 0 aliphatic rings. The molecule has 0 atom stereocenters. The van der Waals surface area contributed by atoms with Crippen molar-refractivity contribution in [1.29, 1.82) is 0 Å². The van der Waals surface area contributed by atoms with Gasteiger partial charge < -0.3 is 4.74 Å². The van der Waals surface area contributed by atoms with Gasteiger partial charge in [0, 0.05) is 12.3 Å². The molecular weight excluding hydrogens is 418 g/mol. The highest BCUT2D eigenvalue weighted by molar-refractivity contribution is 7.93. The number of sulfonamides is 1. The van der Waals surface area contributed by atoms with E-state index in [1.165, 1.54) is 49.7 Å². The van der Waals surface area contributed by atoms with Gasteiger partial charge in [0.25, 0.3) is 15.7 Å². The van der Waals surface area contributed by atoms with E-state index in [-0.39, 0.29) is 28.0 Å². The Kier molecular flexibility index (Phi) is 6.00. The van der Waals surface area contributed by atoms with Gasteiger partial charge in [-0.15, -0.1) is 0 Å². The van der Waals surface area contributed by atoms with Crippen molar-refractivity contribution in [3.05, 3.63) is 87.7 Å². The van der Waals surface area contributed by atoms with E-state index in [1.54, 1.807) is 24.3 Å². The van der Waals surface area contributed by atoms with Crippen molar-refractivity contribution in [1.82, 2.24) is 4.98 Å². The highest BCUT2D eigenvalue weighted by atomic mass is 35.5. The first-order valence-corrected chi connectivity index (χ1v) is 10.2. The van der Waals surface area contributed by atoms with Gasteiger partial charge in [-0.1, -0.05) is 35.9 Å². The first kappa shape index (κ1) is 20.6. The average Bonchev–Trinajstić information content (AvgIpc) is 2.72. The molecule has 1 aromatic heterocycles. The summed E-state index contributed by atoms with van der Waals surface area (Å²) < 4.78 is 32.9. The molecule has 3 aromatic rings. The highest BCUT2D eigenvalue weighted by Gasteiger charge is 2.32. The smallest absolute Gasteiger partial charge is 0.293 e. The highest BCUT2D eigenvalue weighted by Crippen LogP contribution is 2.35. The van der Waals surface area contributed by atoms with E-state index in [1.807, 2.05) is 0 Å². The Balaban J connectivity index is 2.16. The SMILES string of the molecule is COc1ccc(CN(c2ccccc2[N+](=O)[O-])S(=O)(=O)c2cccnc2Cl)cc1. The van der Waals surface area contributed by atoms with Crippen LogP contribution in [0.4, 0.5) is 11.4 Å². The third kappa shape index (κ3) is 4.30. The molecule has 150 valence electrons. The number of rotatable bonds is 7. The number of hydrogen-bond acceptors (Lipinski definition) is 6. The van der Waals surface area contributed by atoms with E-state index < -0.39 is 14.9 Å². The first-order valence-electron chi connectivity index (χ1n) is 8.34. The van der Waals surface area contributed by atoms with Gasteiger partial charge in [-0.25, -0.2) is 13.4 Å². The van der Waals surface area contributed by atoms with Gasteiger partial charge >= 0.3 is 0 Å². The van der Waals surface area contributed by atoms with Crippen LogP contribution in [0, 0.1) is 10.1 Å². The number of methoxy groups -OCH3 is 1. The molecule has 0 bridgehead atoms. The Morgan fingerprint density at radius 1 is 1.10 bits per heavy atom. The van der Waals surface area contributed by atoms with Gasteiger partial charge in [0.05, 0.1) is 18.6 Å². The second-order valence-electron chi connectivity index (χ2n) is 5.90. The molecule has 0 unspecified atom stereocenters. The monoisotopic (exact) mass is 433 g/mol. The lowest BCUT2D eigenvalue weighted by molar-refractivity contribution is -0.384. The Morgan fingerprint density at radius 2 is 1.79 bits per heavy atom. The molecule has 0 spiro atoms. The van der Waals surface area contributed by atoms with E-state index in [9.17, 15) is 18.5 Å². The minimum absolute atomic E-state index is 0.0757. The van der Waals surface area contributed by atoms with E-state index in [4.69, 9.17) is 16.3 Å². The van der Waals surface area contributed by atoms with Gasteiger partial charge in [0.1, 0.15) is 21.5 Å². The second kappa shape index (κ2) is 8.46. The van der Waals surface area contributed by atoms with Crippen molar-refractivity contribution < 1.29 is 18.1 Å². The van der Waals surface area contributed by atoms with Crippen LogP contribution in [-0.2, 0) is 16.6 Å². The topological polar surface area (TPSA) is 103 Å². The summed E-state index contributed by atoms with van der Waals surface area (Å²) in [5, 5.41) is 11.3. The molecule has 0 amide bonds. The lowest BCUT2D eigenvalue weighted by atomic mass is 10.2. The number of para-hydroxylation sites is 2. The number of ether oxygens (including phenoxy) is 1. The average molecular weight is 434 g/mol. The number of halogens is 1.